The molecule has 332 valence electrons. The Labute approximate surface area is 339 Å². The summed E-state index contributed by atoms with van der Waals surface area (Å²) in [5.74, 6) is 1.01. The summed E-state index contributed by atoms with van der Waals surface area (Å²) in [6.45, 7) is 10.2. The van der Waals surface area contributed by atoms with Gasteiger partial charge in [-0.15, -0.1) is 0 Å². The molecule has 0 saturated carbocycles. The lowest BCUT2D eigenvalue weighted by Gasteiger charge is -2.10. The zero-order chi connectivity index (χ0) is 44.7. The summed E-state index contributed by atoms with van der Waals surface area (Å²) < 4.78 is 12.7. The second kappa shape index (κ2) is 49.9. The number of aliphatic carboxylic acids is 3. The van der Waals surface area contributed by atoms with Crippen LogP contribution in [0.15, 0.2) is 18.3 Å². The maximum Gasteiger partial charge on any atom is 0.320 e. The molecular weight excluding hydrogens is 770 g/mol. The van der Waals surface area contributed by atoms with Gasteiger partial charge in [0, 0.05) is 57.9 Å². The minimum atomic E-state index is -0.948. The van der Waals surface area contributed by atoms with Crippen LogP contribution in [-0.4, -0.2) is 106 Å². The van der Waals surface area contributed by atoms with Crippen LogP contribution in [-0.2, 0) is 33.6 Å². The molecule has 2 atom stereocenters. The maximum absolute atomic E-state index is 12.7. The largest absolute Gasteiger partial charge is 0.481 e. The number of carbonyl (C=O) groups is 7. The van der Waals surface area contributed by atoms with Gasteiger partial charge in [-0.2, -0.15) is 4.39 Å². The summed E-state index contributed by atoms with van der Waals surface area (Å²) in [4.78, 5) is 89.8. The van der Waals surface area contributed by atoms with Crippen LogP contribution in [0.4, 0.5) is 4.39 Å². The van der Waals surface area contributed by atoms with E-state index < -0.39 is 29.9 Å². The Hall–Kier alpha value is -4.16. The third kappa shape index (κ3) is 49.8. The minimum Gasteiger partial charge on any atom is -0.481 e. The van der Waals surface area contributed by atoms with Crippen molar-refractivity contribution in [3.8, 4) is 0 Å². The van der Waals surface area contributed by atoms with Crippen LogP contribution in [0.2, 0.25) is 0 Å². The number of pyridine rings is 1. The topological polar surface area (TPSA) is 297 Å². The zero-order valence-corrected chi connectivity index (χ0v) is 35.5. The highest BCUT2D eigenvalue weighted by atomic mass is 31.0. The van der Waals surface area contributed by atoms with Gasteiger partial charge in [0.05, 0.1) is 12.2 Å². The van der Waals surface area contributed by atoms with E-state index in [-0.39, 0.29) is 49.8 Å². The molecule has 0 saturated heterocycles. The van der Waals surface area contributed by atoms with Crippen molar-refractivity contribution in [1.82, 2.24) is 26.3 Å². The lowest BCUT2D eigenvalue weighted by molar-refractivity contribution is -0.140. The number of nitrogens with one attached hydrogen (secondary N) is 4. The highest BCUT2D eigenvalue weighted by Gasteiger charge is 2.16. The number of hydrogen-bond acceptors (Lipinski definition) is 12. The van der Waals surface area contributed by atoms with E-state index in [9.17, 15) is 38.0 Å². The Morgan fingerprint density at radius 3 is 1.72 bits per heavy atom. The molecule has 57 heavy (non-hydrogen) atoms. The standard InChI is InChI=1S/C18H26FN3O3.C10H21N3O4.C5H8O4.2C2H6.H3OP/c19-16-10-9-15(14-22-16)18(25)21-12-6-3-4-8-17(24)20-11-5-1-2-7-13-23;1-12-8(10(15)16)4-5-9(14)13-6-2-3-7-17-11;6-4(7)2-1-3-5(8)9;3*1-2/h9-10,13-14H,1-8,11-12H2,(H,20,24)(H,21,25);8,12H,2-7,11H2,1H3,(H,13,14)(H,15,16);1-3H2,(H,6,7)(H,8,9);2*1-2H3;1H,2H2. The lowest BCUT2D eigenvalue weighted by atomic mass is 10.1. The van der Waals surface area contributed by atoms with Crippen molar-refractivity contribution in [1.29, 1.82) is 0 Å². The van der Waals surface area contributed by atoms with Crippen LogP contribution in [0, 0.1) is 5.95 Å². The van der Waals surface area contributed by atoms with Gasteiger partial charge in [0.2, 0.25) is 17.8 Å². The summed E-state index contributed by atoms with van der Waals surface area (Å²) in [6, 6.07) is 1.86. The molecule has 0 aliphatic carbocycles. The van der Waals surface area contributed by atoms with Crippen LogP contribution in [0.25, 0.3) is 0 Å². The number of nitrogens with two attached hydrogens (primary N) is 1. The average molecular weight is 841 g/mol. The molecule has 0 spiro atoms. The van der Waals surface area contributed by atoms with Crippen LogP contribution in [0.5, 0.6) is 0 Å². The first-order valence-electron chi connectivity index (χ1n) is 19.2. The number of aldehydes is 1. The summed E-state index contributed by atoms with van der Waals surface area (Å²) >= 11 is 0. The number of aromatic nitrogens is 1. The lowest BCUT2D eigenvalue weighted by Crippen LogP contribution is -2.35. The van der Waals surface area contributed by atoms with Gasteiger partial charge >= 0.3 is 17.9 Å². The summed E-state index contributed by atoms with van der Waals surface area (Å²) in [5.41, 5.74) is 0.328. The Morgan fingerprint density at radius 1 is 0.754 bits per heavy atom. The molecule has 10 N–H and O–H groups in total. The molecule has 0 radical (unpaired) electrons. The van der Waals surface area contributed by atoms with Crippen LogP contribution < -0.4 is 27.2 Å². The van der Waals surface area contributed by atoms with Crippen molar-refractivity contribution in [2.75, 3.05) is 33.3 Å². The number of unbranched alkanes of at least 4 members (excludes halogenated alkanes) is 6. The number of carboxylic acids is 3. The number of hydrogen-bond donors (Lipinski definition) is 9. The van der Waals surface area contributed by atoms with Gasteiger partial charge in [0.1, 0.15) is 12.3 Å². The number of amides is 3. The third-order valence-corrected chi connectivity index (χ3v) is 6.78. The molecule has 1 rings (SSSR count). The van der Waals surface area contributed by atoms with Gasteiger partial charge in [-0.25, -0.2) is 10.9 Å². The Balaban J connectivity index is -0.000000243. The van der Waals surface area contributed by atoms with E-state index in [1.165, 1.54) is 21.7 Å². The molecule has 20 heteroatoms. The summed E-state index contributed by atoms with van der Waals surface area (Å²) in [5, 5.41) is 35.7. The van der Waals surface area contributed by atoms with Gasteiger partial charge in [-0.1, -0.05) is 40.5 Å². The van der Waals surface area contributed by atoms with Gasteiger partial charge in [-0.05, 0) is 80.0 Å². The van der Waals surface area contributed by atoms with Crippen LogP contribution in [0.1, 0.15) is 134 Å². The predicted molar refractivity (Wildman–Crippen MR) is 218 cm³/mol. The molecule has 0 aliphatic heterocycles. The Kier molecular flexibility index (Phi) is 54.3. The first kappa shape index (κ1) is 62.0. The minimum absolute atomic E-state index is 0.0387. The number of halogens is 1. The predicted octanol–water partition coefficient (Wildman–Crippen LogP) is 3.76. The average Bonchev–Trinajstić information content (AvgIpc) is 3.20. The quantitative estimate of drug-likeness (QED) is 0.0200. The molecule has 0 aromatic carbocycles. The van der Waals surface area contributed by atoms with E-state index >= 15 is 0 Å². The molecule has 2 unspecified atom stereocenters. The van der Waals surface area contributed by atoms with Crippen molar-refractivity contribution in [2.45, 2.75) is 130 Å². The van der Waals surface area contributed by atoms with E-state index in [1.807, 2.05) is 27.7 Å². The highest BCUT2D eigenvalue weighted by molar-refractivity contribution is 7.08. The summed E-state index contributed by atoms with van der Waals surface area (Å²) in [7, 11) is 2.98. The van der Waals surface area contributed by atoms with E-state index in [0.717, 1.165) is 63.7 Å². The first-order chi connectivity index (χ1) is 27.4. The number of likely N-dealkylation sites (N-methyl/N-ethyl adjacent to an activating group) is 1. The van der Waals surface area contributed by atoms with Gasteiger partial charge in [-0.3, -0.25) is 28.8 Å². The van der Waals surface area contributed by atoms with Gasteiger partial charge in [0.15, 0.2) is 0 Å². The SMILES string of the molecule is CC.CC.CNC(CCC(=O)NCCCCON)C(=O)O.O=C(O)CCCC(=O)O.O=CCCCCCNC(=O)CCCCCNC(=O)c1ccc(F)nc1.OP. The molecule has 1 heterocycles. The Morgan fingerprint density at radius 2 is 1.26 bits per heavy atom. The number of rotatable bonds is 27. The van der Waals surface area contributed by atoms with E-state index in [4.69, 9.17) is 26.1 Å². The number of carbonyl (C=O) groups excluding carboxylic acids is 4. The smallest absolute Gasteiger partial charge is 0.320 e. The van der Waals surface area contributed by atoms with E-state index in [1.54, 1.807) is 7.05 Å². The van der Waals surface area contributed by atoms with Gasteiger partial charge in [0.25, 0.3) is 5.91 Å². The molecule has 0 bridgehead atoms. The van der Waals surface area contributed by atoms with Crippen molar-refractivity contribution in [3.05, 3.63) is 29.8 Å². The fourth-order valence-corrected chi connectivity index (χ4v) is 3.93. The molecule has 18 nitrogen and oxygen atoms in total. The normalized spacial score (nSPS) is 9.84. The molecule has 0 fully saturated rings. The van der Waals surface area contributed by atoms with E-state index in [0.29, 0.717) is 44.6 Å². The fourth-order valence-electron chi connectivity index (χ4n) is 3.93. The van der Waals surface area contributed by atoms with Crippen LogP contribution >= 0.6 is 9.47 Å². The Bertz CT molecular complexity index is 1140. The molecule has 0 aliphatic rings. The molecule has 1 aromatic heterocycles. The number of carboxylic acid groups (broad SMARTS) is 3. The van der Waals surface area contributed by atoms with Crippen molar-refractivity contribution < 1.29 is 63.0 Å². The molecular formula is C37H70FN6O12P. The van der Waals surface area contributed by atoms with E-state index in [2.05, 4.69) is 31.1 Å². The second-order valence-electron chi connectivity index (χ2n) is 11.1. The maximum atomic E-state index is 12.7. The zero-order valence-electron chi connectivity index (χ0n) is 34.4. The van der Waals surface area contributed by atoms with Crippen molar-refractivity contribution in [3.63, 3.8) is 0 Å². The van der Waals surface area contributed by atoms with Gasteiger partial charge < -0.3 is 51.1 Å². The third-order valence-electron chi connectivity index (χ3n) is 6.78. The fraction of sp³-hybridized carbons (Fsp3) is 0.676. The summed E-state index contributed by atoms with van der Waals surface area (Å²) in [6.07, 6.45) is 10.4. The first-order valence-corrected chi connectivity index (χ1v) is 19.7. The monoisotopic (exact) mass is 840 g/mol. The molecule has 3 amide bonds. The number of nitrogens with zero attached hydrogens (tertiary/aromatic N) is 1. The van der Waals surface area contributed by atoms with Crippen molar-refractivity contribution >= 4 is 51.4 Å². The second-order valence-corrected chi connectivity index (χ2v) is 11.1. The molecule has 1 aromatic rings. The van der Waals surface area contributed by atoms with Crippen LogP contribution in [0.3, 0.4) is 0 Å². The van der Waals surface area contributed by atoms with Crippen molar-refractivity contribution in [2.24, 2.45) is 5.90 Å². The highest BCUT2D eigenvalue weighted by Crippen LogP contribution is 2.03.